The summed E-state index contributed by atoms with van der Waals surface area (Å²) >= 11 is 0. The third-order valence-corrected chi connectivity index (χ3v) is 4.60. The number of carbonyl (C=O) groups is 2. The average Bonchev–Trinajstić information content (AvgIpc) is 2.64. The van der Waals surface area contributed by atoms with Gasteiger partial charge in [-0.2, -0.15) is 0 Å². The number of anilines is 1. The highest BCUT2D eigenvalue weighted by molar-refractivity contribution is 6.07. The molecule has 1 aliphatic rings. The molecular formula is C17H15F4N5O2. The second kappa shape index (κ2) is 7.50. The molecule has 0 radical (unpaired) electrons. The van der Waals surface area contributed by atoms with Crippen molar-refractivity contribution in [2.45, 2.75) is 31.2 Å². The Morgan fingerprint density at radius 2 is 1.82 bits per heavy atom. The van der Waals surface area contributed by atoms with Gasteiger partial charge in [0.25, 0.3) is 5.91 Å². The number of aromatic nitrogens is 2. The van der Waals surface area contributed by atoms with Crippen molar-refractivity contribution in [3.8, 4) is 0 Å². The maximum Gasteiger partial charge on any atom is 0.302 e. The summed E-state index contributed by atoms with van der Waals surface area (Å²) in [6.45, 7) is 0. The Kier molecular flexibility index (Phi) is 5.27. The van der Waals surface area contributed by atoms with Crippen LogP contribution in [-0.2, 0) is 5.54 Å². The normalized spacial score (nSPS) is 15.1. The molecule has 3 rings (SSSR count). The number of carbonyl (C=O) groups excluding carboxylic acids is 2. The number of ketones is 1. The zero-order valence-electron chi connectivity index (χ0n) is 14.3. The van der Waals surface area contributed by atoms with Crippen molar-refractivity contribution in [2.75, 3.05) is 5.32 Å². The van der Waals surface area contributed by atoms with Crippen molar-refractivity contribution in [3.05, 3.63) is 52.9 Å². The van der Waals surface area contributed by atoms with Gasteiger partial charge in [0.05, 0.1) is 11.1 Å². The standard InChI is InChI=1S/C17H15F4N5O2/c18-9-3-1-4-10(19)11(9)17(5-2-6-17)25-16-23-7-8(15(28)26-22)12(24-16)13(27)14(20)21/h1,3-4,7,14H,2,5-6,22H2,(H,26,28)(H,23,24,25). The Balaban J connectivity index is 2.03. The van der Waals surface area contributed by atoms with E-state index in [0.717, 1.165) is 18.3 Å². The van der Waals surface area contributed by atoms with Gasteiger partial charge in [0.2, 0.25) is 11.7 Å². The molecule has 1 fully saturated rings. The van der Waals surface area contributed by atoms with Crippen molar-refractivity contribution in [3.63, 3.8) is 0 Å². The maximum absolute atomic E-state index is 14.3. The smallest absolute Gasteiger partial charge is 0.302 e. The number of amides is 1. The van der Waals surface area contributed by atoms with Gasteiger partial charge in [-0.1, -0.05) is 6.07 Å². The van der Waals surface area contributed by atoms with Crippen LogP contribution in [0.4, 0.5) is 23.5 Å². The number of hydrazine groups is 1. The number of benzene rings is 1. The van der Waals surface area contributed by atoms with Crippen LogP contribution >= 0.6 is 0 Å². The Morgan fingerprint density at radius 1 is 1.18 bits per heavy atom. The number of Topliss-reactive ketones (excluding diaryl/α,β-unsaturated/α-hetero) is 1. The number of nitrogens with two attached hydrogens (primary N) is 1. The number of hydrogen-bond donors (Lipinski definition) is 3. The van der Waals surface area contributed by atoms with Crippen LogP contribution in [0.15, 0.2) is 24.4 Å². The lowest BCUT2D eigenvalue weighted by molar-refractivity contribution is 0.0669. The molecule has 0 spiro atoms. The van der Waals surface area contributed by atoms with E-state index in [1.54, 1.807) is 5.43 Å². The van der Waals surface area contributed by atoms with E-state index in [9.17, 15) is 27.2 Å². The van der Waals surface area contributed by atoms with Gasteiger partial charge in [-0.05, 0) is 31.4 Å². The van der Waals surface area contributed by atoms with E-state index >= 15 is 0 Å². The van der Waals surface area contributed by atoms with E-state index in [4.69, 9.17) is 5.84 Å². The summed E-state index contributed by atoms with van der Waals surface area (Å²) in [5.41, 5.74) is -1.10. The van der Waals surface area contributed by atoms with E-state index < -0.39 is 46.5 Å². The summed E-state index contributed by atoms with van der Waals surface area (Å²) in [5, 5.41) is 2.75. The molecule has 1 aromatic carbocycles. The Labute approximate surface area is 156 Å². The van der Waals surface area contributed by atoms with Crippen LogP contribution in [0, 0.1) is 11.6 Å². The van der Waals surface area contributed by atoms with E-state index in [0.29, 0.717) is 19.3 Å². The lowest BCUT2D eigenvalue weighted by atomic mass is 9.71. The molecule has 148 valence electrons. The van der Waals surface area contributed by atoms with E-state index in [1.165, 1.54) is 6.07 Å². The van der Waals surface area contributed by atoms with Crippen LogP contribution in [0.2, 0.25) is 0 Å². The molecule has 2 aromatic rings. The fraction of sp³-hybridized carbons (Fsp3) is 0.294. The second-order valence-electron chi connectivity index (χ2n) is 6.25. The third-order valence-electron chi connectivity index (χ3n) is 4.60. The molecule has 1 heterocycles. The Bertz CT molecular complexity index is 914. The average molecular weight is 397 g/mol. The summed E-state index contributed by atoms with van der Waals surface area (Å²) in [5.74, 6) is 0.354. The van der Waals surface area contributed by atoms with Gasteiger partial charge in [-0.25, -0.2) is 33.4 Å². The van der Waals surface area contributed by atoms with Crippen LogP contribution in [0.25, 0.3) is 0 Å². The largest absolute Gasteiger partial charge is 0.344 e. The zero-order valence-corrected chi connectivity index (χ0v) is 14.3. The molecule has 1 aromatic heterocycles. The van der Waals surface area contributed by atoms with Crippen LogP contribution in [0.5, 0.6) is 0 Å². The van der Waals surface area contributed by atoms with Crippen molar-refractivity contribution in [1.82, 2.24) is 15.4 Å². The molecule has 0 aliphatic heterocycles. The van der Waals surface area contributed by atoms with Crippen molar-refractivity contribution < 1.29 is 27.2 Å². The molecular weight excluding hydrogens is 382 g/mol. The number of alkyl halides is 2. The van der Waals surface area contributed by atoms with Crippen molar-refractivity contribution >= 4 is 17.6 Å². The Hall–Kier alpha value is -3.08. The van der Waals surface area contributed by atoms with Crippen molar-refractivity contribution in [2.24, 2.45) is 5.84 Å². The first-order valence-corrected chi connectivity index (χ1v) is 8.22. The summed E-state index contributed by atoms with van der Waals surface area (Å²) in [6.07, 6.45) is -1.27. The number of nitrogens with one attached hydrogen (secondary N) is 2. The molecule has 1 amide bonds. The summed E-state index contributed by atoms with van der Waals surface area (Å²) in [6, 6.07) is 3.42. The zero-order chi connectivity index (χ0) is 20.5. The fourth-order valence-corrected chi connectivity index (χ4v) is 3.11. The number of halogens is 4. The molecule has 0 bridgehead atoms. The fourth-order valence-electron chi connectivity index (χ4n) is 3.11. The second-order valence-corrected chi connectivity index (χ2v) is 6.25. The Morgan fingerprint density at radius 3 is 2.32 bits per heavy atom. The molecule has 0 unspecified atom stereocenters. The molecule has 4 N–H and O–H groups in total. The SMILES string of the molecule is NNC(=O)c1cnc(NC2(c3c(F)cccc3F)CCC2)nc1C(=O)C(F)F. The number of rotatable bonds is 6. The minimum atomic E-state index is -3.42. The quantitative estimate of drug-likeness (QED) is 0.227. The van der Waals surface area contributed by atoms with Crippen LogP contribution in [0.1, 0.15) is 45.7 Å². The highest BCUT2D eigenvalue weighted by Gasteiger charge is 2.43. The van der Waals surface area contributed by atoms with E-state index in [2.05, 4.69) is 15.3 Å². The lowest BCUT2D eigenvalue weighted by Crippen LogP contribution is -2.44. The first-order valence-electron chi connectivity index (χ1n) is 8.22. The van der Waals surface area contributed by atoms with Crippen LogP contribution in [0.3, 0.4) is 0 Å². The van der Waals surface area contributed by atoms with Gasteiger partial charge in [0.1, 0.15) is 17.3 Å². The third kappa shape index (κ3) is 3.40. The van der Waals surface area contributed by atoms with Gasteiger partial charge in [-0.15, -0.1) is 0 Å². The predicted molar refractivity (Wildman–Crippen MR) is 89.5 cm³/mol. The van der Waals surface area contributed by atoms with E-state index in [-0.39, 0.29) is 11.5 Å². The van der Waals surface area contributed by atoms with Crippen molar-refractivity contribution in [1.29, 1.82) is 0 Å². The topological polar surface area (TPSA) is 110 Å². The van der Waals surface area contributed by atoms with Gasteiger partial charge < -0.3 is 5.32 Å². The molecule has 1 saturated carbocycles. The van der Waals surface area contributed by atoms with Gasteiger partial charge in [-0.3, -0.25) is 15.0 Å². The summed E-state index contributed by atoms with van der Waals surface area (Å²) < 4.78 is 54.3. The summed E-state index contributed by atoms with van der Waals surface area (Å²) in [7, 11) is 0. The first kappa shape index (κ1) is 19.7. The lowest BCUT2D eigenvalue weighted by Gasteiger charge is -2.43. The van der Waals surface area contributed by atoms with Gasteiger partial charge in [0.15, 0.2) is 0 Å². The number of nitrogens with zero attached hydrogens (tertiary/aromatic N) is 2. The minimum absolute atomic E-state index is 0.227. The molecule has 1 aliphatic carbocycles. The monoisotopic (exact) mass is 397 g/mol. The first-order chi connectivity index (χ1) is 13.3. The van der Waals surface area contributed by atoms with Crippen LogP contribution in [-0.4, -0.2) is 28.1 Å². The predicted octanol–water partition coefficient (Wildman–Crippen LogP) is 2.30. The minimum Gasteiger partial charge on any atom is -0.344 e. The van der Waals surface area contributed by atoms with Crippen LogP contribution < -0.4 is 16.6 Å². The molecule has 11 heteroatoms. The highest BCUT2D eigenvalue weighted by Crippen LogP contribution is 2.45. The number of nitrogen functional groups attached to an aromatic ring is 1. The molecule has 0 saturated heterocycles. The highest BCUT2D eigenvalue weighted by atomic mass is 19.3. The summed E-state index contributed by atoms with van der Waals surface area (Å²) in [4.78, 5) is 31.0. The molecule has 7 nitrogen and oxygen atoms in total. The number of hydrogen-bond acceptors (Lipinski definition) is 6. The molecule has 0 atom stereocenters. The van der Waals surface area contributed by atoms with Gasteiger partial charge >= 0.3 is 6.43 Å². The maximum atomic E-state index is 14.3. The van der Waals surface area contributed by atoms with Gasteiger partial charge in [0, 0.05) is 11.8 Å². The van der Waals surface area contributed by atoms with E-state index in [1.807, 2.05) is 0 Å². The molecule has 28 heavy (non-hydrogen) atoms.